The Morgan fingerprint density at radius 2 is 1.25 bits per heavy atom. The second-order valence-electron chi connectivity index (χ2n) is 13.2. The van der Waals surface area contributed by atoms with Crippen LogP contribution in [0.1, 0.15) is 53.4 Å². The van der Waals surface area contributed by atoms with Crippen molar-refractivity contribution in [2.75, 3.05) is 0 Å². The minimum Gasteiger partial charge on any atom is -0.512 e. The number of hydrogen-bond donors (Lipinski definition) is 1. The largest absolute Gasteiger partial charge is 0.512 e. The normalized spacial score (nSPS) is 11.8. The van der Waals surface area contributed by atoms with Gasteiger partial charge in [0.25, 0.3) is 0 Å². The molecule has 1 radical (unpaired) electrons. The van der Waals surface area contributed by atoms with Crippen LogP contribution >= 0.6 is 0 Å². The molecule has 5 aromatic carbocycles. The molecule has 0 aliphatic heterocycles. The van der Waals surface area contributed by atoms with Gasteiger partial charge in [-0.2, -0.15) is 0 Å². The molecule has 0 fully saturated rings. The van der Waals surface area contributed by atoms with Crippen molar-refractivity contribution in [3.63, 3.8) is 0 Å². The van der Waals surface area contributed by atoms with Crippen molar-refractivity contribution >= 4 is 60.3 Å². The third-order valence-electron chi connectivity index (χ3n) is 10.3. The van der Waals surface area contributed by atoms with Crippen LogP contribution in [0.2, 0.25) is 0 Å². The molecule has 0 saturated heterocycles. The van der Waals surface area contributed by atoms with Gasteiger partial charge in [0.2, 0.25) is 0 Å². The maximum absolute atomic E-state index is 11.7. The summed E-state index contributed by atoms with van der Waals surface area (Å²) in [5.41, 5.74) is 7.78. The fourth-order valence-corrected chi connectivity index (χ4v) is 7.56. The summed E-state index contributed by atoms with van der Waals surface area (Å²) in [6.07, 6.45) is 6.90. The van der Waals surface area contributed by atoms with Crippen molar-refractivity contribution in [2.24, 2.45) is 11.8 Å². The van der Waals surface area contributed by atoms with Gasteiger partial charge in [-0.1, -0.05) is 99.8 Å². The molecule has 6 heteroatoms. The minimum absolute atomic E-state index is 0. The molecule has 5 nitrogen and oxygen atoms in total. The van der Waals surface area contributed by atoms with Crippen LogP contribution in [0.15, 0.2) is 133 Å². The number of aromatic nitrogens is 3. The molecule has 0 unspecified atom stereocenters. The Morgan fingerprint density at radius 3 is 1.88 bits per heavy atom. The molecule has 0 amide bonds. The quantitative estimate of drug-likeness (QED) is 0.0893. The molecule has 3 heterocycles. The van der Waals surface area contributed by atoms with Crippen molar-refractivity contribution in [3.05, 3.63) is 139 Å². The maximum atomic E-state index is 11.7. The number of pyridine rings is 1. The second-order valence-corrected chi connectivity index (χ2v) is 13.2. The number of rotatable bonds is 9. The Labute approximate surface area is 319 Å². The number of hydrogen-bond acceptors (Lipinski definition) is 3. The smallest absolute Gasteiger partial charge is 0.162 e. The number of benzene rings is 5. The average Bonchev–Trinajstić information content (AvgIpc) is 3.45. The number of carbonyl (C=O) groups is 1. The molecule has 8 aromatic rings. The fourth-order valence-electron chi connectivity index (χ4n) is 7.56. The fraction of sp³-hybridized carbons (Fsp3) is 0.217. The topological polar surface area (TPSA) is 60.0 Å². The first-order valence-corrected chi connectivity index (χ1v) is 18.2. The van der Waals surface area contributed by atoms with Crippen LogP contribution < -0.4 is 0 Å². The van der Waals surface area contributed by atoms with E-state index >= 15 is 0 Å². The Hall–Kier alpha value is -5.03. The van der Waals surface area contributed by atoms with Crippen LogP contribution in [-0.4, -0.2) is 25.0 Å². The van der Waals surface area contributed by atoms with E-state index in [4.69, 9.17) is 4.98 Å². The molecule has 0 saturated carbocycles. The second kappa shape index (κ2) is 16.1. The van der Waals surface area contributed by atoms with Crippen LogP contribution in [-0.2, 0) is 24.9 Å². The first-order chi connectivity index (χ1) is 25.0. The standard InChI is InChI=1S/C33H20N3.C13H24O2.Ir/c1-3-12-23(13-4-1)35-27-18-9-17-26-30(27)31-28(35)19-10-20-29(31)36(24-14-5-2-6-15-24)33-25-16-8-7-11-22(25)21-34-32(26)33;1-5-10(6-2)12(14)9-13(15)11(7-3)8-4;/h1-16,18-21H;9-11,14H,5-8H2,1-4H3;/q-1;;/b;12-9-;. The molecule has 0 aliphatic carbocycles. The van der Waals surface area contributed by atoms with E-state index in [0.717, 1.165) is 69.9 Å². The van der Waals surface area contributed by atoms with Crippen LogP contribution in [0.3, 0.4) is 0 Å². The Kier molecular flexibility index (Phi) is 11.4. The number of allylic oxidation sites excluding steroid dienone is 2. The van der Waals surface area contributed by atoms with E-state index in [1.807, 2.05) is 40.0 Å². The van der Waals surface area contributed by atoms with Gasteiger partial charge in [-0.3, -0.25) is 4.79 Å². The summed E-state index contributed by atoms with van der Waals surface area (Å²) >= 11 is 0. The number of fused-ring (bicyclic) bond motifs is 4. The molecule has 8 rings (SSSR count). The molecular formula is C46H44IrN3O2-. The van der Waals surface area contributed by atoms with Gasteiger partial charge in [0, 0.05) is 83.0 Å². The molecular weight excluding hydrogens is 819 g/mol. The van der Waals surface area contributed by atoms with Crippen LogP contribution in [0.4, 0.5) is 0 Å². The van der Waals surface area contributed by atoms with Gasteiger partial charge < -0.3 is 19.2 Å². The zero-order chi connectivity index (χ0) is 35.5. The predicted molar refractivity (Wildman–Crippen MR) is 213 cm³/mol. The van der Waals surface area contributed by atoms with E-state index in [9.17, 15) is 9.90 Å². The van der Waals surface area contributed by atoms with Crippen molar-refractivity contribution in [1.82, 2.24) is 14.1 Å². The molecule has 0 atom stereocenters. The molecule has 265 valence electrons. The monoisotopic (exact) mass is 863 g/mol. The zero-order valence-electron chi connectivity index (χ0n) is 30.1. The number of nitrogens with zero attached hydrogens (tertiary/aromatic N) is 3. The third-order valence-corrected chi connectivity index (χ3v) is 10.3. The van der Waals surface area contributed by atoms with Gasteiger partial charge in [0.1, 0.15) is 0 Å². The van der Waals surface area contributed by atoms with Crippen LogP contribution in [0, 0.1) is 17.9 Å². The number of ketones is 1. The van der Waals surface area contributed by atoms with Gasteiger partial charge in [0.05, 0.1) is 5.76 Å². The van der Waals surface area contributed by atoms with E-state index in [1.165, 1.54) is 27.8 Å². The number of carbonyl (C=O) groups excluding carboxylic acids is 1. The van der Waals surface area contributed by atoms with Crippen LogP contribution in [0.25, 0.3) is 65.9 Å². The van der Waals surface area contributed by atoms with E-state index in [2.05, 4.69) is 124 Å². The molecule has 0 spiro atoms. The van der Waals surface area contributed by atoms with Gasteiger partial charge >= 0.3 is 0 Å². The Bertz CT molecular complexity index is 2510. The molecule has 0 aliphatic rings. The summed E-state index contributed by atoms with van der Waals surface area (Å²) < 4.78 is 4.75. The summed E-state index contributed by atoms with van der Waals surface area (Å²) in [4.78, 5) is 16.8. The van der Waals surface area contributed by atoms with Gasteiger partial charge in [-0.05, 0) is 78.4 Å². The molecule has 52 heavy (non-hydrogen) atoms. The van der Waals surface area contributed by atoms with E-state index in [1.54, 1.807) is 0 Å². The molecule has 0 bridgehead atoms. The summed E-state index contributed by atoms with van der Waals surface area (Å²) in [6.45, 7) is 8.07. The first-order valence-electron chi connectivity index (χ1n) is 18.2. The number of aliphatic hydroxyl groups is 1. The number of aliphatic hydroxyl groups excluding tert-OH is 1. The number of para-hydroxylation sites is 2. The third kappa shape index (κ3) is 6.58. The maximum Gasteiger partial charge on any atom is 0.162 e. The zero-order valence-corrected chi connectivity index (χ0v) is 32.5. The van der Waals surface area contributed by atoms with Gasteiger partial charge in [0.15, 0.2) is 5.78 Å². The summed E-state index contributed by atoms with van der Waals surface area (Å²) in [5, 5.41) is 15.5. The summed E-state index contributed by atoms with van der Waals surface area (Å²) in [5.74, 6) is 0.547. The average molecular weight is 863 g/mol. The van der Waals surface area contributed by atoms with E-state index in [-0.39, 0.29) is 43.5 Å². The van der Waals surface area contributed by atoms with E-state index < -0.39 is 0 Å². The Morgan fingerprint density at radius 1 is 0.692 bits per heavy atom. The van der Waals surface area contributed by atoms with Crippen LogP contribution in [0.5, 0.6) is 0 Å². The molecule has 1 N–H and O–H groups in total. The Balaban J connectivity index is 0.000000250. The van der Waals surface area contributed by atoms with Crippen molar-refractivity contribution in [1.29, 1.82) is 0 Å². The van der Waals surface area contributed by atoms with E-state index in [0.29, 0.717) is 0 Å². The summed E-state index contributed by atoms with van der Waals surface area (Å²) in [6, 6.07) is 44.2. The van der Waals surface area contributed by atoms with Crippen molar-refractivity contribution < 1.29 is 30.0 Å². The summed E-state index contributed by atoms with van der Waals surface area (Å²) in [7, 11) is 0. The molecule has 3 aromatic heterocycles. The minimum atomic E-state index is 0. The van der Waals surface area contributed by atoms with Gasteiger partial charge in [-0.25, -0.2) is 0 Å². The SMILES string of the molecule is CCC(CC)C(=O)/C=C(\O)C(CC)CC.[Ir].[c-]1ccc2c3c1c1ncc4ccccc4c1n(-c1ccccc1)c1cccc(c31)n2-c1ccccc1. The van der Waals surface area contributed by atoms with Crippen molar-refractivity contribution in [2.45, 2.75) is 53.4 Å². The van der Waals surface area contributed by atoms with Gasteiger partial charge in [-0.15, -0.1) is 23.6 Å². The predicted octanol–water partition coefficient (Wildman–Crippen LogP) is 12.1. The van der Waals surface area contributed by atoms with Crippen molar-refractivity contribution in [3.8, 4) is 11.4 Å². The first kappa shape index (κ1) is 36.7.